The summed E-state index contributed by atoms with van der Waals surface area (Å²) >= 11 is 5.98. The van der Waals surface area contributed by atoms with Crippen LogP contribution in [0.3, 0.4) is 0 Å². The quantitative estimate of drug-likeness (QED) is 0.877. The molecule has 1 aromatic heterocycles. The van der Waals surface area contributed by atoms with Crippen molar-refractivity contribution >= 4 is 29.2 Å². The molecule has 0 amide bonds. The number of halogens is 2. The van der Waals surface area contributed by atoms with Crippen LogP contribution in [0.25, 0.3) is 0 Å². The lowest BCUT2D eigenvalue weighted by atomic mass is 10.2. The predicted molar refractivity (Wildman–Crippen MR) is 68.1 cm³/mol. The molecule has 0 saturated carbocycles. The Labute approximate surface area is 113 Å². The molecule has 7 heteroatoms. The van der Waals surface area contributed by atoms with Gasteiger partial charge < -0.3 is 10.1 Å². The van der Waals surface area contributed by atoms with Gasteiger partial charge in [-0.15, -0.1) is 0 Å². The molecule has 1 heterocycles. The molecule has 0 fully saturated rings. The number of aromatic nitrogens is 2. The van der Waals surface area contributed by atoms with E-state index in [1.807, 2.05) is 0 Å². The highest BCUT2D eigenvalue weighted by Gasteiger charge is 2.10. The highest BCUT2D eigenvalue weighted by Crippen LogP contribution is 2.25. The average Bonchev–Trinajstić information content (AvgIpc) is 2.43. The van der Waals surface area contributed by atoms with Crippen molar-refractivity contribution in [1.82, 2.24) is 9.97 Å². The van der Waals surface area contributed by atoms with E-state index in [1.165, 1.54) is 19.2 Å². The van der Waals surface area contributed by atoms with Crippen LogP contribution in [0.15, 0.2) is 30.6 Å². The second kappa shape index (κ2) is 5.62. The number of benzene rings is 1. The lowest BCUT2D eigenvalue weighted by Gasteiger charge is -2.08. The number of nitrogens with one attached hydrogen (secondary N) is 1. The summed E-state index contributed by atoms with van der Waals surface area (Å²) in [6.45, 7) is 0. The van der Waals surface area contributed by atoms with Crippen LogP contribution < -0.4 is 5.32 Å². The summed E-state index contributed by atoms with van der Waals surface area (Å²) < 4.78 is 17.3. The molecule has 0 atom stereocenters. The van der Waals surface area contributed by atoms with Crippen molar-refractivity contribution in [1.29, 1.82) is 0 Å². The number of carbonyl (C=O) groups excluding carboxylic acids is 1. The Morgan fingerprint density at radius 3 is 2.68 bits per heavy atom. The fraction of sp³-hybridized carbons (Fsp3) is 0.0833. The molecule has 2 rings (SSSR count). The van der Waals surface area contributed by atoms with E-state index in [0.29, 0.717) is 16.3 Å². The van der Waals surface area contributed by atoms with Gasteiger partial charge in [-0.05, 0) is 18.2 Å². The highest BCUT2D eigenvalue weighted by molar-refractivity contribution is 6.33. The van der Waals surface area contributed by atoms with E-state index < -0.39 is 11.8 Å². The van der Waals surface area contributed by atoms with Crippen molar-refractivity contribution in [3.8, 4) is 0 Å². The number of carbonyl (C=O) groups is 1. The SMILES string of the molecule is COC(=O)c1ccc(Cl)c(Nc2ncc(F)cn2)c1. The average molecular weight is 282 g/mol. The van der Waals surface area contributed by atoms with Gasteiger partial charge in [-0.2, -0.15) is 0 Å². The molecule has 2 aromatic rings. The zero-order valence-corrected chi connectivity index (χ0v) is 10.6. The van der Waals surface area contributed by atoms with E-state index in [0.717, 1.165) is 12.4 Å². The maximum absolute atomic E-state index is 12.7. The molecule has 0 aliphatic rings. The third-order valence-electron chi connectivity index (χ3n) is 2.25. The zero-order valence-electron chi connectivity index (χ0n) is 9.85. The van der Waals surface area contributed by atoms with Gasteiger partial charge in [0.15, 0.2) is 5.82 Å². The Hall–Kier alpha value is -2.21. The first-order valence-electron chi connectivity index (χ1n) is 5.22. The second-order valence-electron chi connectivity index (χ2n) is 3.54. The number of hydrogen-bond acceptors (Lipinski definition) is 5. The Morgan fingerprint density at radius 2 is 2.05 bits per heavy atom. The van der Waals surface area contributed by atoms with Crippen LogP contribution in [0.1, 0.15) is 10.4 Å². The van der Waals surface area contributed by atoms with Gasteiger partial charge in [0.25, 0.3) is 0 Å². The largest absolute Gasteiger partial charge is 0.465 e. The minimum atomic E-state index is -0.542. The Balaban J connectivity index is 2.28. The van der Waals surface area contributed by atoms with E-state index >= 15 is 0 Å². The summed E-state index contributed by atoms with van der Waals surface area (Å²) in [6.07, 6.45) is 2.04. The number of ether oxygens (including phenoxy) is 1. The van der Waals surface area contributed by atoms with Gasteiger partial charge in [0.2, 0.25) is 5.95 Å². The molecule has 0 bridgehead atoms. The van der Waals surface area contributed by atoms with Crippen molar-refractivity contribution < 1.29 is 13.9 Å². The molecule has 0 radical (unpaired) electrons. The van der Waals surface area contributed by atoms with Crippen molar-refractivity contribution in [3.05, 3.63) is 47.0 Å². The molecule has 0 aliphatic heterocycles. The van der Waals surface area contributed by atoms with Crippen LogP contribution in [0.2, 0.25) is 5.02 Å². The smallest absolute Gasteiger partial charge is 0.337 e. The molecule has 19 heavy (non-hydrogen) atoms. The molecule has 0 saturated heterocycles. The first kappa shape index (κ1) is 13.2. The Morgan fingerprint density at radius 1 is 1.37 bits per heavy atom. The fourth-order valence-corrected chi connectivity index (χ4v) is 1.53. The molecular formula is C12H9ClFN3O2. The first-order valence-corrected chi connectivity index (χ1v) is 5.60. The first-order chi connectivity index (χ1) is 9.10. The van der Waals surface area contributed by atoms with E-state index in [4.69, 9.17) is 11.6 Å². The van der Waals surface area contributed by atoms with E-state index in [2.05, 4.69) is 20.0 Å². The summed E-state index contributed by atoms with van der Waals surface area (Å²) in [5.74, 6) is -0.856. The topological polar surface area (TPSA) is 64.1 Å². The number of nitrogens with zero attached hydrogens (tertiary/aromatic N) is 2. The lowest BCUT2D eigenvalue weighted by molar-refractivity contribution is 0.0601. The number of anilines is 2. The van der Waals surface area contributed by atoms with E-state index in [1.54, 1.807) is 6.07 Å². The van der Waals surface area contributed by atoms with E-state index in [9.17, 15) is 9.18 Å². The van der Waals surface area contributed by atoms with E-state index in [-0.39, 0.29) is 5.95 Å². The minimum Gasteiger partial charge on any atom is -0.465 e. The Bertz CT molecular complexity index is 604. The molecule has 1 N–H and O–H groups in total. The number of rotatable bonds is 3. The van der Waals surface area contributed by atoms with Gasteiger partial charge in [0, 0.05) is 0 Å². The maximum Gasteiger partial charge on any atom is 0.337 e. The van der Waals surface area contributed by atoms with Gasteiger partial charge in [0.05, 0.1) is 35.8 Å². The normalized spacial score (nSPS) is 10.1. The predicted octanol–water partition coefficient (Wildman–Crippen LogP) is 2.80. The summed E-state index contributed by atoms with van der Waals surface area (Å²) in [6, 6.07) is 4.57. The Kier molecular flexibility index (Phi) is 3.91. The van der Waals surface area contributed by atoms with Gasteiger partial charge in [-0.25, -0.2) is 19.2 Å². The van der Waals surface area contributed by atoms with Gasteiger partial charge in [0.1, 0.15) is 0 Å². The molecule has 0 unspecified atom stereocenters. The molecule has 5 nitrogen and oxygen atoms in total. The van der Waals surface area contributed by atoms with Crippen molar-refractivity contribution in [2.75, 3.05) is 12.4 Å². The summed E-state index contributed by atoms with van der Waals surface area (Å²) in [5.41, 5.74) is 0.757. The zero-order chi connectivity index (χ0) is 13.8. The van der Waals surface area contributed by atoms with Crippen molar-refractivity contribution in [3.63, 3.8) is 0 Å². The number of hydrogen-bond donors (Lipinski definition) is 1. The molecular weight excluding hydrogens is 273 g/mol. The minimum absolute atomic E-state index is 0.172. The van der Waals surface area contributed by atoms with Gasteiger partial charge in [-0.1, -0.05) is 11.6 Å². The van der Waals surface area contributed by atoms with Crippen molar-refractivity contribution in [2.45, 2.75) is 0 Å². The monoisotopic (exact) mass is 281 g/mol. The van der Waals surface area contributed by atoms with Crippen molar-refractivity contribution in [2.24, 2.45) is 0 Å². The molecule has 0 spiro atoms. The van der Waals surface area contributed by atoms with Crippen LogP contribution in [0, 0.1) is 5.82 Å². The van der Waals surface area contributed by atoms with Gasteiger partial charge in [-0.3, -0.25) is 0 Å². The van der Waals surface area contributed by atoms with Crippen LogP contribution in [-0.4, -0.2) is 23.0 Å². The number of methoxy groups -OCH3 is 1. The standard InChI is InChI=1S/C12H9ClFN3O2/c1-19-11(18)7-2-3-9(13)10(4-7)17-12-15-5-8(14)6-16-12/h2-6H,1H3,(H,15,16,17). The van der Waals surface area contributed by atoms with Crippen LogP contribution in [0.5, 0.6) is 0 Å². The summed E-state index contributed by atoms with van der Waals surface area (Å²) in [4.78, 5) is 18.9. The molecule has 1 aromatic carbocycles. The third kappa shape index (κ3) is 3.17. The lowest BCUT2D eigenvalue weighted by Crippen LogP contribution is -2.03. The fourth-order valence-electron chi connectivity index (χ4n) is 1.36. The maximum atomic E-state index is 12.7. The summed E-state index contributed by atoms with van der Waals surface area (Å²) in [5, 5.41) is 3.17. The summed E-state index contributed by atoms with van der Waals surface area (Å²) in [7, 11) is 1.28. The van der Waals surface area contributed by atoms with Gasteiger partial charge >= 0.3 is 5.97 Å². The molecule has 0 aliphatic carbocycles. The van der Waals surface area contributed by atoms with Crippen LogP contribution in [0.4, 0.5) is 16.0 Å². The van der Waals surface area contributed by atoms with Crippen LogP contribution in [-0.2, 0) is 4.74 Å². The van der Waals surface area contributed by atoms with Crippen LogP contribution >= 0.6 is 11.6 Å². The third-order valence-corrected chi connectivity index (χ3v) is 2.58. The highest BCUT2D eigenvalue weighted by atomic mass is 35.5. The molecule has 98 valence electrons. The number of esters is 1. The second-order valence-corrected chi connectivity index (χ2v) is 3.94.